The fraction of sp³-hybridized carbons (Fsp3) is 0.571. The molecule has 0 fully saturated rings. The Hall–Kier alpha value is 0.840. The van der Waals surface area contributed by atoms with E-state index in [2.05, 4.69) is 31.1 Å². The van der Waals surface area contributed by atoms with Gasteiger partial charge < -0.3 is 17.0 Å². The molecule has 0 amide bonds. The van der Waals surface area contributed by atoms with Gasteiger partial charge >= 0.3 is 0 Å². The summed E-state index contributed by atoms with van der Waals surface area (Å²) in [5.74, 6) is 0. The number of rotatable bonds is 1. The summed E-state index contributed by atoms with van der Waals surface area (Å²) in [6.45, 7) is 8.68. The predicted octanol–water partition coefficient (Wildman–Crippen LogP) is -0.600. The monoisotopic (exact) mass is 268 g/mol. The molecule has 10 heavy (non-hydrogen) atoms. The van der Waals surface area contributed by atoms with Gasteiger partial charge in [-0.3, -0.25) is 0 Å². The second-order valence-electron chi connectivity index (χ2n) is 2.81. The van der Waals surface area contributed by atoms with Crippen molar-refractivity contribution >= 4 is 8.07 Å². The molecule has 0 unspecified atom stereocenters. The van der Waals surface area contributed by atoms with Crippen LogP contribution in [0.1, 0.15) is 6.92 Å². The molecule has 0 aliphatic carbocycles. The molecule has 55 valence electrons. The van der Waals surface area contributed by atoms with Crippen LogP contribution in [-0.2, 0) is 19.5 Å². The average molecular weight is 271 g/mol. The van der Waals surface area contributed by atoms with Crippen molar-refractivity contribution in [1.29, 1.82) is 0 Å². The SMILES string of the molecule is CC=C=[C][Si](C)(C)C.[Br-].[Zn]. The van der Waals surface area contributed by atoms with E-state index in [4.69, 9.17) is 0 Å². The molecule has 0 spiro atoms. The van der Waals surface area contributed by atoms with Gasteiger partial charge in [0.1, 0.15) is 0 Å². The summed E-state index contributed by atoms with van der Waals surface area (Å²) in [7, 11) is -1.07. The van der Waals surface area contributed by atoms with Gasteiger partial charge in [-0.15, -0.1) is 5.73 Å². The minimum absolute atomic E-state index is 0. The molecule has 0 nitrogen and oxygen atoms in total. The zero-order valence-electron chi connectivity index (χ0n) is 7.16. The third-order valence-electron chi connectivity index (χ3n) is 0.592. The predicted molar refractivity (Wildman–Crippen MR) is 40.3 cm³/mol. The van der Waals surface area contributed by atoms with Crippen molar-refractivity contribution in [3.8, 4) is 0 Å². The van der Waals surface area contributed by atoms with Gasteiger partial charge in [0, 0.05) is 19.5 Å². The van der Waals surface area contributed by atoms with Gasteiger partial charge in [-0.2, -0.15) is 0 Å². The minimum atomic E-state index is -1.07. The zero-order chi connectivity index (χ0) is 6.62. The standard InChI is InChI=1S/C7H13Si.BrH.Zn/c1-5-6-7-8(2,3)4;;/h5H,1-4H3;1H;/p-1. The molecule has 0 saturated heterocycles. The normalized spacial score (nSPS) is 8.00. The van der Waals surface area contributed by atoms with Crippen molar-refractivity contribution < 1.29 is 36.5 Å². The molecule has 0 aromatic rings. The molecule has 0 saturated carbocycles. The molecule has 0 rings (SSSR count). The van der Waals surface area contributed by atoms with E-state index in [-0.39, 0.29) is 36.5 Å². The van der Waals surface area contributed by atoms with E-state index in [0.717, 1.165) is 0 Å². The van der Waals surface area contributed by atoms with E-state index in [0.29, 0.717) is 0 Å². The topological polar surface area (TPSA) is 0 Å². The van der Waals surface area contributed by atoms with Crippen molar-refractivity contribution in [2.45, 2.75) is 26.6 Å². The van der Waals surface area contributed by atoms with Gasteiger partial charge in [0.2, 0.25) is 0 Å². The molecule has 0 N–H and O–H groups in total. The van der Waals surface area contributed by atoms with Crippen LogP contribution in [0.2, 0.25) is 19.6 Å². The number of hydrogen-bond acceptors (Lipinski definition) is 0. The summed E-state index contributed by atoms with van der Waals surface area (Å²) in [5, 5.41) is 0. The van der Waals surface area contributed by atoms with E-state index in [9.17, 15) is 0 Å². The van der Waals surface area contributed by atoms with E-state index in [1.54, 1.807) is 0 Å². The molecule has 0 aliphatic heterocycles. The van der Waals surface area contributed by atoms with Gasteiger partial charge in [0.15, 0.2) is 0 Å². The number of halogens is 1. The van der Waals surface area contributed by atoms with Gasteiger partial charge in [0.25, 0.3) is 0 Å². The number of hydrogen-bond donors (Lipinski definition) is 0. The average Bonchev–Trinajstić information content (AvgIpc) is 1.59. The molecule has 3 heteroatoms. The Kier molecular flexibility index (Phi) is 13.6. The second-order valence-corrected chi connectivity index (χ2v) is 7.56. The first-order valence-corrected chi connectivity index (χ1v) is 6.37. The van der Waals surface area contributed by atoms with Crippen molar-refractivity contribution in [3.63, 3.8) is 0 Å². The maximum Gasteiger partial charge on any atom is 0.0882 e. The Morgan fingerprint density at radius 3 is 1.70 bits per heavy atom. The van der Waals surface area contributed by atoms with E-state index >= 15 is 0 Å². The molecule has 0 bridgehead atoms. The third kappa shape index (κ3) is 15.9. The molecule has 0 atom stereocenters. The second kappa shape index (κ2) is 7.94. The van der Waals surface area contributed by atoms with Crippen LogP contribution >= 0.6 is 0 Å². The quantitative estimate of drug-likeness (QED) is 0.441. The van der Waals surface area contributed by atoms with Crippen molar-refractivity contribution in [2.24, 2.45) is 0 Å². The van der Waals surface area contributed by atoms with Crippen LogP contribution in [0.15, 0.2) is 11.8 Å². The van der Waals surface area contributed by atoms with E-state index < -0.39 is 8.07 Å². The first-order valence-electron chi connectivity index (χ1n) is 2.87. The summed E-state index contributed by atoms with van der Waals surface area (Å²) in [6, 6.07) is 0. The maximum absolute atomic E-state index is 3.20. The van der Waals surface area contributed by atoms with Gasteiger partial charge in [-0.05, 0) is 18.7 Å². The van der Waals surface area contributed by atoms with Crippen LogP contribution in [0, 0.1) is 5.70 Å². The van der Waals surface area contributed by atoms with Crippen molar-refractivity contribution in [2.75, 3.05) is 0 Å². The Bertz CT molecular complexity index is 120. The van der Waals surface area contributed by atoms with E-state index in [1.165, 1.54) is 0 Å². The smallest absolute Gasteiger partial charge is 0.0882 e. The summed E-state index contributed by atoms with van der Waals surface area (Å²) in [6.07, 6.45) is 1.90. The number of allylic oxidation sites excluding steroid dienone is 1. The van der Waals surface area contributed by atoms with Crippen molar-refractivity contribution in [1.82, 2.24) is 0 Å². The van der Waals surface area contributed by atoms with Gasteiger partial charge in [0.05, 0.1) is 8.07 Å². The fourth-order valence-corrected chi connectivity index (χ4v) is 0.866. The molecule has 0 heterocycles. The summed E-state index contributed by atoms with van der Waals surface area (Å²) in [5.41, 5.74) is 6.18. The van der Waals surface area contributed by atoms with E-state index in [1.807, 2.05) is 13.0 Å². The molecule has 0 aromatic heterocycles. The molecular formula is C7H13BrSiZn-. The van der Waals surface area contributed by atoms with Crippen LogP contribution in [0.3, 0.4) is 0 Å². The molecule has 1 radical (unpaired) electrons. The first kappa shape index (κ1) is 17.1. The first-order chi connectivity index (χ1) is 3.56. The van der Waals surface area contributed by atoms with Crippen LogP contribution in [-0.4, -0.2) is 8.07 Å². The van der Waals surface area contributed by atoms with Crippen LogP contribution in [0.4, 0.5) is 0 Å². The van der Waals surface area contributed by atoms with Crippen LogP contribution < -0.4 is 17.0 Å². The Morgan fingerprint density at radius 2 is 1.60 bits per heavy atom. The largest absolute Gasteiger partial charge is 1.00 e. The van der Waals surface area contributed by atoms with Crippen molar-refractivity contribution in [3.05, 3.63) is 17.5 Å². The maximum atomic E-state index is 3.20. The molecule has 0 aromatic carbocycles. The third-order valence-corrected chi connectivity index (χ3v) is 1.49. The van der Waals surface area contributed by atoms with Gasteiger partial charge in [-0.25, -0.2) is 0 Å². The summed E-state index contributed by atoms with van der Waals surface area (Å²) < 4.78 is 0. The fourth-order valence-electron chi connectivity index (χ4n) is 0.289. The minimum Gasteiger partial charge on any atom is -1.00 e. The van der Waals surface area contributed by atoms with Crippen LogP contribution in [0.5, 0.6) is 0 Å². The van der Waals surface area contributed by atoms with Crippen LogP contribution in [0.25, 0.3) is 0 Å². The summed E-state index contributed by atoms with van der Waals surface area (Å²) >= 11 is 0. The molecule has 0 aliphatic rings. The zero-order valence-corrected chi connectivity index (χ0v) is 12.7. The summed E-state index contributed by atoms with van der Waals surface area (Å²) in [4.78, 5) is 0. The molecular weight excluding hydrogens is 257 g/mol. The Labute approximate surface area is 88.3 Å². The Balaban J connectivity index is -0.000000245. The Morgan fingerprint density at radius 1 is 1.20 bits per heavy atom. The van der Waals surface area contributed by atoms with Gasteiger partial charge in [-0.1, -0.05) is 19.6 Å².